The number of amides is 1. The molecule has 0 saturated carbocycles. The molecule has 1 unspecified atom stereocenters. The predicted octanol–water partition coefficient (Wildman–Crippen LogP) is 4.99. The fourth-order valence-corrected chi connectivity index (χ4v) is 7.71. The molecule has 0 spiro atoms. The van der Waals surface area contributed by atoms with Gasteiger partial charge in [0.05, 0.1) is 6.61 Å². The van der Waals surface area contributed by atoms with E-state index in [0.29, 0.717) is 31.4 Å². The Labute approximate surface area is 225 Å². The van der Waals surface area contributed by atoms with E-state index >= 15 is 0 Å². The summed E-state index contributed by atoms with van der Waals surface area (Å²) in [6.07, 6.45) is 3.51. The largest absolute Gasteiger partial charge is 0.382 e. The van der Waals surface area contributed by atoms with Gasteiger partial charge in [-0.3, -0.25) is 9.59 Å². The number of aromatic nitrogens is 1. The lowest BCUT2D eigenvalue weighted by atomic mass is 10.0. The summed E-state index contributed by atoms with van der Waals surface area (Å²) in [6.45, 7) is 5.21. The quantitative estimate of drug-likeness (QED) is 0.382. The number of H-pyrrole nitrogens is 1. The van der Waals surface area contributed by atoms with Gasteiger partial charge in [0.15, 0.2) is 0 Å². The van der Waals surface area contributed by atoms with Gasteiger partial charge < -0.3 is 24.8 Å². The lowest BCUT2D eigenvalue weighted by Crippen LogP contribution is -2.41. The van der Waals surface area contributed by atoms with Crippen LogP contribution in [-0.4, -0.2) is 54.6 Å². The molecule has 3 aliphatic rings. The summed E-state index contributed by atoms with van der Waals surface area (Å²) >= 11 is 3.60. The maximum absolute atomic E-state index is 12.4. The molecule has 7 nitrogen and oxygen atoms in total. The number of hydrogen-bond donors (Lipinski definition) is 2. The van der Waals surface area contributed by atoms with E-state index in [4.69, 9.17) is 4.74 Å². The minimum Gasteiger partial charge on any atom is -0.382 e. The van der Waals surface area contributed by atoms with E-state index in [1.165, 1.54) is 25.1 Å². The molecule has 37 heavy (non-hydrogen) atoms. The number of rotatable bonds is 4. The van der Waals surface area contributed by atoms with E-state index in [-0.39, 0.29) is 17.6 Å². The molecule has 2 N–H and O–H groups in total. The lowest BCUT2D eigenvalue weighted by Gasteiger charge is -2.35. The Hall–Kier alpha value is -2.88. The summed E-state index contributed by atoms with van der Waals surface area (Å²) in [6, 6.07) is 17.2. The summed E-state index contributed by atoms with van der Waals surface area (Å²) in [5.74, 6) is 0.166. The number of anilines is 2. The van der Waals surface area contributed by atoms with E-state index in [2.05, 4.69) is 51.6 Å². The summed E-state index contributed by atoms with van der Waals surface area (Å²) in [4.78, 5) is 35.8. The van der Waals surface area contributed by atoms with Crippen molar-refractivity contribution in [2.75, 3.05) is 43.0 Å². The van der Waals surface area contributed by atoms with Crippen LogP contribution in [0.3, 0.4) is 0 Å². The number of nitrogens with zero attached hydrogens (tertiary/aromatic N) is 2. The molecule has 1 atom stereocenters. The molecule has 3 aliphatic heterocycles. The highest BCUT2D eigenvalue weighted by atomic mass is 32.2. The van der Waals surface area contributed by atoms with Crippen molar-refractivity contribution in [2.24, 2.45) is 0 Å². The van der Waals surface area contributed by atoms with E-state index in [0.717, 1.165) is 31.6 Å². The number of carbonyl (C=O) groups excluding carboxylic acids is 1. The first-order valence-electron chi connectivity index (χ1n) is 12.7. The predicted molar refractivity (Wildman–Crippen MR) is 148 cm³/mol. The van der Waals surface area contributed by atoms with Crippen molar-refractivity contribution in [3.63, 3.8) is 0 Å². The van der Waals surface area contributed by atoms with Gasteiger partial charge in [-0.15, -0.1) is 0 Å². The number of fused-ring (bicyclic) bond motifs is 2. The van der Waals surface area contributed by atoms with Gasteiger partial charge in [0.1, 0.15) is 11.8 Å². The molecule has 192 valence electrons. The first kappa shape index (κ1) is 24.5. The minimum atomic E-state index is -0.0974. The van der Waals surface area contributed by atoms with E-state index in [9.17, 15) is 9.59 Å². The molecule has 2 aromatic carbocycles. The molecule has 0 aliphatic carbocycles. The highest BCUT2D eigenvalue weighted by Gasteiger charge is 2.29. The molecule has 6 rings (SSSR count). The molecule has 1 amide bonds. The zero-order valence-corrected chi connectivity index (χ0v) is 22.4. The van der Waals surface area contributed by atoms with Crippen LogP contribution in [0.2, 0.25) is 0 Å². The molecule has 3 aromatic rings. The zero-order chi connectivity index (χ0) is 25.4. The number of morpholine rings is 1. The topological polar surface area (TPSA) is 77.7 Å². The third-order valence-corrected chi connectivity index (χ3v) is 9.86. The molecular formula is C28H30N4O3S2. The number of nitrogens with one attached hydrogen (secondary N) is 2. The van der Waals surface area contributed by atoms with Gasteiger partial charge in [-0.05, 0) is 54.8 Å². The number of hydrogen-bond acceptors (Lipinski definition) is 7. The van der Waals surface area contributed by atoms with Crippen molar-refractivity contribution < 1.29 is 9.53 Å². The van der Waals surface area contributed by atoms with Crippen LogP contribution in [0.15, 0.2) is 79.1 Å². The third-order valence-electron chi connectivity index (χ3n) is 7.25. The van der Waals surface area contributed by atoms with E-state index in [1.54, 1.807) is 36.6 Å². The maximum Gasteiger partial charge on any atom is 0.271 e. The van der Waals surface area contributed by atoms with Crippen LogP contribution >= 0.6 is 23.5 Å². The molecular weight excluding hydrogens is 504 g/mol. The average molecular weight is 535 g/mol. The van der Waals surface area contributed by atoms with Crippen LogP contribution in [0.5, 0.6) is 0 Å². The number of carbonyl (C=O) groups is 1. The third kappa shape index (κ3) is 5.12. The van der Waals surface area contributed by atoms with Crippen molar-refractivity contribution >= 4 is 40.8 Å². The van der Waals surface area contributed by atoms with Crippen LogP contribution in [0.1, 0.15) is 31.4 Å². The fraction of sp³-hybridized carbons (Fsp3) is 0.357. The highest BCUT2D eigenvalue weighted by Crippen LogP contribution is 2.51. The highest BCUT2D eigenvalue weighted by molar-refractivity contribution is 8.05. The normalized spacial score (nSPS) is 19.8. The first-order chi connectivity index (χ1) is 18.0. The van der Waals surface area contributed by atoms with E-state index in [1.807, 2.05) is 17.0 Å². The Balaban J connectivity index is 1.18. The SMILES string of the molecule is CC(=O)N1CCC(Nc2ccc3c(c2)Sc2cccc(C4CN(c5ccc[nH]c5=O)CCO4)c2S3)CC1. The van der Waals surface area contributed by atoms with Gasteiger partial charge in [-0.1, -0.05) is 35.7 Å². The summed E-state index contributed by atoms with van der Waals surface area (Å²) in [5, 5.41) is 3.69. The number of benzene rings is 2. The van der Waals surface area contributed by atoms with E-state index < -0.39 is 0 Å². The van der Waals surface area contributed by atoms with Gasteiger partial charge in [-0.2, -0.15) is 0 Å². The lowest BCUT2D eigenvalue weighted by molar-refractivity contribution is -0.129. The number of aromatic amines is 1. The Morgan fingerprint density at radius 2 is 1.89 bits per heavy atom. The molecule has 1 aromatic heterocycles. The first-order valence-corrected chi connectivity index (χ1v) is 14.4. The van der Waals surface area contributed by atoms with Crippen LogP contribution in [-0.2, 0) is 9.53 Å². The van der Waals surface area contributed by atoms with Crippen LogP contribution in [0.4, 0.5) is 11.4 Å². The fourth-order valence-electron chi connectivity index (χ4n) is 5.26. The summed E-state index contributed by atoms with van der Waals surface area (Å²) in [7, 11) is 0. The molecule has 4 heterocycles. The number of ether oxygens (including phenoxy) is 1. The molecule has 2 fully saturated rings. The number of pyridine rings is 1. The van der Waals surface area contributed by atoms with Crippen molar-refractivity contribution in [3.05, 3.63) is 70.6 Å². The van der Waals surface area contributed by atoms with Crippen LogP contribution in [0.25, 0.3) is 0 Å². The summed E-state index contributed by atoms with van der Waals surface area (Å²) in [5.41, 5.74) is 2.94. The average Bonchev–Trinajstić information content (AvgIpc) is 2.92. The number of piperidine rings is 1. The van der Waals surface area contributed by atoms with Gasteiger partial charge in [0.2, 0.25) is 5.91 Å². The van der Waals surface area contributed by atoms with Gasteiger partial charge in [0, 0.05) is 70.6 Å². The Morgan fingerprint density at radius 3 is 2.70 bits per heavy atom. The second kappa shape index (κ2) is 10.5. The van der Waals surface area contributed by atoms with Crippen LogP contribution in [0, 0.1) is 0 Å². The molecule has 0 bridgehead atoms. The molecule has 2 saturated heterocycles. The zero-order valence-electron chi connectivity index (χ0n) is 20.7. The van der Waals surface area contributed by atoms with Gasteiger partial charge in [-0.25, -0.2) is 0 Å². The Morgan fingerprint density at radius 1 is 1.03 bits per heavy atom. The smallest absolute Gasteiger partial charge is 0.271 e. The Kier molecular flexibility index (Phi) is 6.92. The van der Waals surface area contributed by atoms with Crippen LogP contribution < -0.4 is 15.8 Å². The monoisotopic (exact) mass is 534 g/mol. The standard InChI is InChI=1S/C28H30N4O3S2/c1-18(33)31-12-9-19(10-13-31)30-20-7-8-24-26(16-20)36-25-6-2-4-21(27(25)37-24)23-17-32(14-15-35-23)22-5-3-11-29-28(22)34/h2-8,11,16,19,23,30H,9-10,12-15,17H2,1H3,(H,29,34). The van der Waals surface area contributed by atoms with Gasteiger partial charge in [0.25, 0.3) is 5.56 Å². The second-order valence-corrected chi connectivity index (χ2v) is 11.8. The van der Waals surface area contributed by atoms with Crippen molar-refractivity contribution in [1.29, 1.82) is 0 Å². The second-order valence-electron chi connectivity index (χ2n) is 9.65. The maximum atomic E-state index is 12.4. The van der Waals surface area contributed by atoms with Gasteiger partial charge >= 0.3 is 0 Å². The number of likely N-dealkylation sites (tertiary alicyclic amines) is 1. The minimum absolute atomic E-state index is 0.0640. The van der Waals surface area contributed by atoms with Crippen molar-refractivity contribution in [2.45, 2.75) is 51.5 Å². The van der Waals surface area contributed by atoms with Crippen molar-refractivity contribution in [3.8, 4) is 0 Å². The Bertz CT molecular complexity index is 1370. The molecule has 0 radical (unpaired) electrons. The summed E-state index contributed by atoms with van der Waals surface area (Å²) < 4.78 is 6.22. The van der Waals surface area contributed by atoms with Crippen molar-refractivity contribution in [1.82, 2.24) is 9.88 Å². The molecule has 9 heteroatoms.